The number of quaternary nitrogens is 1. The molecule has 0 aliphatic carbocycles. The van der Waals surface area contributed by atoms with Gasteiger partial charge in [0.2, 0.25) is 5.91 Å². The minimum atomic E-state index is -5.03. The molecule has 5 nitrogen and oxygen atoms in total. The second-order valence-corrected chi connectivity index (χ2v) is 13.3. The number of nitrogens with zero attached hydrogens (tertiary/aromatic N) is 1. The number of alkyl halides is 6. The maximum absolute atomic E-state index is 15.1. The standard InChI is InChI=1S/C35H34F8N2O.ClH.2H2O/c1-2-45-14-12-31(13-15-45,24-6-4-3-5-7-24)21-33(45,20-23-16-26(34(38,39)40)18-27(17-23)35(41,42)43)32(11-10-30(46)44-22-32)25-8-9-28(36)29(37)19-25;;;/h3-9,16-19H,2,10-15,20-22H2,1H3;1H;2*1H2. The molecule has 4 aliphatic heterocycles. The second-order valence-electron chi connectivity index (χ2n) is 13.3. The van der Waals surface area contributed by atoms with Gasteiger partial charge in [-0.25, -0.2) is 8.78 Å². The van der Waals surface area contributed by atoms with Crippen molar-refractivity contribution in [3.63, 3.8) is 0 Å². The van der Waals surface area contributed by atoms with Crippen LogP contribution in [0.2, 0.25) is 0 Å². The van der Waals surface area contributed by atoms with E-state index < -0.39 is 51.5 Å². The zero-order chi connectivity index (χ0) is 33.2. The summed E-state index contributed by atoms with van der Waals surface area (Å²) < 4.78 is 114. The Morgan fingerprint density at radius 1 is 0.776 bits per heavy atom. The molecule has 2 unspecified atom stereocenters. The van der Waals surface area contributed by atoms with Gasteiger partial charge in [-0.2, -0.15) is 26.3 Å². The number of halogens is 9. The molecule has 5 N–H and O–H groups in total. The van der Waals surface area contributed by atoms with E-state index in [0.717, 1.165) is 42.7 Å². The molecule has 3 aromatic rings. The van der Waals surface area contributed by atoms with Crippen LogP contribution in [0, 0.1) is 11.6 Å². The Labute approximate surface area is 285 Å². The summed E-state index contributed by atoms with van der Waals surface area (Å²) in [6, 6.07) is 15.0. The number of likely N-dealkylation sites (N-methyl/N-ethyl adjacent to an activating group) is 1. The van der Waals surface area contributed by atoms with Crippen molar-refractivity contribution < 1.29 is 67.8 Å². The average Bonchev–Trinajstić information content (AvgIpc) is 3.03. The number of rotatable bonds is 6. The Bertz CT molecular complexity index is 1600. The highest BCUT2D eigenvalue weighted by atomic mass is 35.5. The molecule has 7 rings (SSSR count). The van der Waals surface area contributed by atoms with Crippen LogP contribution in [0.15, 0.2) is 66.7 Å². The molecule has 4 heterocycles. The van der Waals surface area contributed by atoms with Crippen molar-refractivity contribution in [3.05, 3.63) is 106 Å². The molecular formula is C35H39ClF8N2O3. The number of piperidine rings is 4. The molecule has 4 saturated heterocycles. The van der Waals surface area contributed by atoms with E-state index in [-0.39, 0.29) is 66.7 Å². The van der Waals surface area contributed by atoms with Gasteiger partial charge >= 0.3 is 12.4 Å². The molecule has 4 fully saturated rings. The zero-order valence-electron chi connectivity index (χ0n) is 26.7. The summed E-state index contributed by atoms with van der Waals surface area (Å²) in [5.74, 6) is -2.45. The van der Waals surface area contributed by atoms with Gasteiger partial charge in [0.05, 0.1) is 36.2 Å². The maximum atomic E-state index is 15.1. The van der Waals surface area contributed by atoms with Gasteiger partial charge in [-0.3, -0.25) is 4.79 Å². The number of hydrogen-bond acceptors (Lipinski definition) is 1. The Hall–Kier alpha value is -3.26. The van der Waals surface area contributed by atoms with Crippen LogP contribution in [0.5, 0.6) is 0 Å². The van der Waals surface area contributed by atoms with E-state index in [1.54, 1.807) is 0 Å². The number of benzene rings is 3. The first kappa shape index (κ1) is 40.2. The summed E-state index contributed by atoms with van der Waals surface area (Å²) in [4.78, 5) is 12.7. The largest absolute Gasteiger partial charge is 1.00 e. The van der Waals surface area contributed by atoms with Crippen LogP contribution < -0.4 is 17.7 Å². The van der Waals surface area contributed by atoms with Gasteiger partial charge in [0.25, 0.3) is 0 Å². The molecule has 14 heteroatoms. The number of fused-ring (bicyclic) bond motifs is 3. The van der Waals surface area contributed by atoms with Crippen LogP contribution in [-0.2, 0) is 34.4 Å². The monoisotopic (exact) mass is 722 g/mol. The third-order valence-electron chi connectivity index (χ3n) is 11.4. The SMILES string of the molecule is CC[N+]12CCC(c3ccccc3)(CC1)CC2(Cc1cc(C(F)(F)F)cc(C(F)(F)F)c1)C1(c2ccc(F)c(F)c2)CCC(=O)NC1.O.O.[Cl-]. The Morgan fingerprint density at radius 2 is 1.37 bits per heavy atom. The normalized spacial score (nSPS) is 28.1. The van der Waals surface area contributed by atoms with Crippen LogP contribution in [0.25, 0.3) is 0 Å². The fraction of sp³-hybridized carbons (Fsp3) is 0.457. The van der Waals surface area contributed by atoms with Crippen LogP contribution in [0.1, 0.15) is 66.8 Å². The van der Waals surface area contributed by atoms with Crippen LogP contribution in [0.3, 0.4) is 0 Å². The summed E-state index contributed by atoms with van der Waals surface area (Å²) in [7, 11) is 0. The topological polar surface area (TPSA) is 92.1 Å². The molecule has 3 aromatic carbocycles. The minimum absolute atomic E-state index is 0. The van der Waals surface area contributed by atoms with Crippen molar-refractivity contribution in [2.45, 2.75) is 74.2 Å². The summed E-state index contributed by atoms with van der Waals surface area (Å²) in [5, 5.41) is 2.91. The van der Waals surface area contributed by atoms with Crippen molar-refractivity contribution in [3.8, 4) is 0 Å². The smallest absolute Gasteiger partial charge is 0.416 e. The van der Waals surface area contributed by atoms with Crippen molar-refractivity contribution in [2.24, 2.45) is 0 Å². The lowest BCUT2D eigenvalue weighted by Crippen LogP contribution is -3.00. The molecule has 0 radical (unpaired) electrons. The van der Waals surface area contributed by atoms with Gasteiger partial charge in [-0.05, 0) is 60.4 Å². The number of carbonyl (C=O) groups excluding carboxylic acids is 1. The van der Waals surface area contributed by atoms with Crippen molar-refractivity contribution >= 4 is 5.91 Å². The highest BCUT2D eigenvalue weighted by molar-refractivity contribution is 5.77. The van der Waals surface area contributed by atoms with Crippen molar-refractivity contribution in [1.82, 2.24) is 5.32 Å². The molecule has 0 saturated carbocycles. The van der Waals surface area contributed by atoms with E-state index in [1.807, 2.05) is 37.3 Å². The first-order valence-corrected chi connectivity index (χ1v) is 15.5. The van der Waals surface area contributed by atoms with E-state index in [0.29, 0.717) is 36.1 Å². The Kier molecular flexibility index (Phi) is 11.3. The quantitative estimate of drug-likeness (QED) is 0.307. The van der Waals surface area contributed by atoms with Crippen LogP contribution in [-0.4, -0.2) is 53.1 Å². The molecule has 1 amide bonds. The minimum Gasteiger partial charge on any atom is -1.00 e. The summed E-state index contributed by atoms with van der Waals surface area (Å²) in [5.41, 5.74) is -4.28. The third-order valence-corrected chi connectivity index (χ3v) is 11.4. The average molecular weight is 723 g/mol. The fourth-order valence-corrected chi connectivity index (χ4v) is 9.17. The van der Waals surface area contributed by atoms with E-state index in [9.17, 15) is 35.5 Å². The highest BCUT2D eigenvalue weighted by Gasteiger charge is 2.71. The van der Waals surface area contributed by atoms with Gasteiger partial charge in [-0.15, -0.1) is 0 Å². The summed E-state index contributed by atoms with van der Waals surface area (Å²) >= 11 is 0. The lowest BCUT2D eigenvalue weighted by Gasteiger charge is -2.71. The summed E-state index contributed by atoms with van der Waals surface area (Å²) in [6.45, 7) is 3.61. The number of hydrogen-bond donors (Lipinski definition) is 1. The van der Waals surface area contributed by atoms with Gasteiger partial charge in [0.15, 0.2) is 11.6 Å². The Morgan fingerprint density at radius 3 is 1.86 bits per heavy atom. The predicted molar refractivity (Wildman–Crippen MR) is 163 cm³/mol. The second kappa shape index (κ2) is 13.8. The maximum Gasteiger partial charge on any atom is 0.416 e. The van der Waals surface area contributed by atoms with Gasteiger partial charge in [0, 0.05) is 44.1 Å². The fourth-order valence-electron chi connectivity index (χ4n) is 9.17. The van der Waals surface area contributed by atoms with E-state index in [4.69, 9.17) is 0 Å². The van der Waals surface area contributed by atoms with E-state index in [1.165, 1.54) is 6.07 Å². The molecular weight excluding hydrogens is 684 g/mol. The Balaban J connectivity index is 0.00000217. The number of carbonyl (C=O) groups is 1. The van der Waals surface area contributed by atoms with Crippen LogP contribution >= 0.6 is 0 Å². The van der Waals surface area contributed by atoms with Crippen molar-refractivity contribution in [2.75, 3.05) is 26.2 Å². The molecule has 270 valence electrons. The van der Waals surface area contributed by atoms with Gasteiger partial charge in [-0.1, -0.05) is 36.4 Å². The van der Waals surface area contributed by atoms with E-state index >= 15 is 4.39 Å². The predicted octanol–water partition coefficient (Wildman–Crippen LogP) is 3.46. The van der Waals surface area contributed by atoms with Gasteiger partial charge in [0.1, 0.15) is 5.54 Å². The van der Waals surface area contributed by atoms with Crippen molar-refractivity contribution in [1.29, 1.82) is 0 Å². The first-order valence-electron chi connectivity index (χ1n) is 15.5. The first-order chi connectivity index (χ1) is 21.6. The molecule has 49 heavy (non-hydrogen) atoms. The molecule has 0 aromatic heterocycles. The highest BCUT2D eigenvalue weighted by Crippen LogP contribution is 2.62. The molecule has 2 bridgehead atoms. The third kappa shape index (κ3) is 6.55. The molecule has 2 atom stereocenters. The summed E-state index contributed by atoms with van der Waals surface area (Å²) in [6.07, 6.45) is -8.24. The number of amides is 1. The molecule has 4 aliphatic rings. The van der Waals surface area contributed by atoms with Crippen LogP contribution in [0.4, 0.5) is 35.1 Å². The molecule has 0 spiro atoms. The van der Waals surface area contributed by atoms with E-state index in [2.05, 4.69) is 5.32 Å². The number of nitrogens with one attached hydrogen (secondary N) is 1. The lowest BCUT2D eigenvalue weighted by atomic mass is 9.47. The lowest BCUT2D eigenvalue weighted by molar-refractivity contribution is -0.996. The van der Waals surface area contributed by atoms with Gasteiger partial charge < -0.3 is 33.2 Å². The zero-order valence-corrected chi connectivity index (χ0v) is 27.4.